The van der Waals surface area contributed by atoms with Gasteiger partial charge in [0.05, 0.1) is 12.2 Å². The zero-order valence-electron chi connectivity index (χ0n) is 18.6. The number of rotatable bonds is 2. The fraction of sp³-hybridized carbons (Fsp3) is 0.652. The van der Waals surface area contributed by atoms with Crippen LogP contribution in [0.25, 0.3) is 5.70 Å². The van der Waals surface area contributed by atoms with Gasteiger partial charge in [0.15, 0.2) is 0 Å². The number of hydrogen-bond acceptors (Lipinski definition) is 4. The van der Waals surface area contributed by atoms with Crippen LogP contribution < -0.4 is 10.7 Å². The summed E-state index contributed by atoms with van der Waals surface area (Å²) in [5, 5.41) is 1.28. The third-order valence-electron chi connectivity index (χ3n) is 6.07. The monoisotopic (exact) mass is 398 g/mol. The number of carbonyl (C=O) groups excluding carboxylic acids is 1. The van der Waals surface area contributed by atoms with Gasteiger partial charge in [-0.3, -0.25) is 4.99 Å². The molecule has 0 bridgehead atoms. The molecule has 29 heavy (non-hydrogen) atoms. The summed E-state index contributed by atoms with van der Waals surface area (Å²) in [6.45, 7) is 14.4. The second-order valence-electron chi connectivity index (χ2n) is 9.80. The van der Waals surface area contributed by atoms with Crippen molar-refractivity contribution < 1.29 is 9.53 Å². The Morgan fingerprint density at radius 3 is 2.59 bits per heavy atom. The van der Waals surface area contributed by atoms with Gasteiger partial charge in [0.2, 0.25) is 0 Å². The van der Waals surface area contributed by atoms with Crippen LogP contribution in [0.5, 0.6) is 0 Å². The van der Waals surface area contributed by atoms with E-state index in [9.17, 15) is 4.79 Å². The van der Waals surface area contributed by atoms with Crippen molar-refractivity contribution >= 4 is 11.8 Å². The summed E-state index contributed by atoms with van der Waals surface area (Å²) in [6.07, 6.45) is 6.69. The highest BCUT2D eigenvalue weighted by molar-refractivity contribution is 5.69. The molecular weight excluding hydrogens is 364 g/mol. The number of aromatic nitrogens is 1. The molecule has 6 heteroatoms. The van der Waals surface area contributed by atoms with Crippen molar-refractivity contribution in [2.75, 3.05) is 19.6 Å². The SMILES string of the molecule is CC1=CCN=c2[nH]cc(C3CC3)c2=C1N1C[C@@H](C)N(C(=O)OC(C)(C)C)C[C@@H]1C. The number of hydrogen-bond donors (Lipinski definition) is 1. The van der Waals surface area contributed by atoms with E-state index in [-0.39, 0.29) is 18.2 Å². The summed E-state index contributed by atoms with van der Waals surface area (Å²) in [5.74, 6) is 0.655. The molecule has 0 spiro atoms. The summed E-state index contributed by atoms with van der Waals surface area (Å²) >= 11 is 0. The average Bonchev–Trinajstić information content (AvgIpc) is 3.40. The summed E-state index contributed by atoms with van der Waals surface area (Å²) in [7, 11) is 0. The van der Waals surface area contributed by atoms with Gasteiger partial charge >= 0.3 is 6.09 Å². The number of aromatic amines is 1. The third-order valence-corrected chi connectivity index (χ3v) is 6.07. The molecule has 0 aromatic carbocycles. The van der Waals surface area contributed by atoms with Gasteiger partial charge in [0, 0.05) is 36.6 Å². The summed E-state index contributed by atoms with van der Waals surface area (Å²) in [5.41, 5.74) is 4.49. The van der Waals surface area contributed by atoms with E-state index in [0.717, 1.165) is 12.0 Å². The minimum Gasteiger partial charge on any atom is -0.444 e. The van der Waals surface area contributed by atoms with Gasteiger partial charge in [-0.25, -0.2) is 4.79 Å². The molecular formula is C23H34N4O2. The molecule has 2 atom stereocenters. The quantitative estimate of drug-likeness (QED) is 0.833. The molecule has 0 radical (unpaired) electrons. The molecule has 6 nitrogen and oxygen atoms in total. The van der Waals surface area contributed by atoms with Crippen molar-refractivity contribution in [3.63, 3.8) is 0 Å². The van der Waals surface area contributed by atoms with E-state index in [2.05, 4.69) is 42.9 Å². The fourth-order valence-corrected chi connectivity index (χ4v) is 4.47. The Morgan fingerprint density at radius 1 is 1.21 bits per heavy atom. The van der Waals surface area contributed by atoms with E-state index in [1.807, 2.05) is 25.7 Å². The lowest BCUT2D eigenvalue weighted by Gasteiger charge is -2.46. The molecule has 1 amide bonds. The minimum absolute atomic E-state index is 0.0771. The van der Waals surface area contributed by atoms with Crippen LogP contribution in [0.15, 0.2) is 22.8 Å². The predicted molar refractivity (Wildman–Crippen MR) is 114 cm³/mol. The van der Waals surface area contributed by atoms with E-state index in [1.165, 1.54) is 34.9 Å². The first-order valence-electron chi connectivity index (χ1n) is 10.8. The first-order valence-corrected chi connectivity index (χ1v) is 10.8. The molecule has 2 fully saturated rings. The number of nitrogens with one attached hydrogen (secondary N) is 1. The molecule has 3 aliphatic rings. The molecule has 1 aromatic rings. The first-order chi connectivity index (χ1) is 13.7. The van der Waals surface area contributed by atoms with Crippen LogP contribution >= 0.6 is 0 Å². The van der Waals surface area contributed by atoms with Crippen molar-refractivity contribution in [3.05, 3.63) is 34.1 Å². The molecule has 1 N–H and O–H groups in total. The maximum absolute atomic E-state index is 12.7. The molecule has 1 aliphatic carbocycles. The molecule has 158 valence electrons. The van der Waals surface area contributed by atoms with Crippen LogP contribution in [0, 0.1) is 0 Å². The number of carbonyl (C=O) groups is 1. The minimum atomic E-state index is -0.479. The van der Waals surface area contributed by atoms with Crippen LogP contribution in [0.2, 0.25) is 0 Å². The smallest absolute Gasteiger partial charge is 0.410 e. The zero-order valence-corrected chi connectivity index (χ0v) is 18.6. The lowest BCUT2D eigenvalue weighted by atomic mass is 10.0. The highest BCUT2D eigenvalue weighted by Gasteiger charge is 2.37. The van der Waals surface area contributed by atoms with Crippen molar-refractivity contribution in [2.45, 2.75) is 78.0 Å². The summed E-state index contributed by atoms with van der Waals surface area (Å²) < 4.78 is 5.65. The number of nitrogens with zero attached hydrogens (tertiary/aromatic N) is 3. The Bertz CT molecular complexity index is 949. The van der Waals surface area contributed by atoms with E-state index in [0.29, 0.717) is 19.0 Å². The van der Waals surface area contributed by atoms with Gasteiger partial charge in [-0.05, 0) is 71.4 Å². The first kappa shape index (κ1) is 20.0. The van der Waals surface area contributed by atoms with Crippen molar-refractivity contribution in [1.29, 1.82) is 0 Å². The normalized spacial score (nSPS) is 25.2. The lowest BCUT2D eigenvalue weighted by molar-refractivity contribution is -0.000906. The molecule has 1 aromatic heterocycles. The Morgan fingerprint density at radius 2 is 1.93 bits per heavy atom. The average molecular weight is 399 g/mol. The van der Waals surface area contributed by atoms with E-state index >= 15 is 0 Å². The maximum atomic E-state index is 12.7. The zero-order chi connectivity index (χ0) is 20.9. The predicted octanol–water partition coefficient (Wildman–Crippen LogP) is 2.91. The number of piperazine rings is 1. The van der Waals surface area contributed by atoms with Gasteiger partial charge in [0.1, 0.15) is 11.1 Å². The molecule has 2 aliphatic heterocycles. The van der Waals surface area contributed by atoms with Crippen molar-refractivity contribution in [1.82, 2.24) is 14.8 Å². The van der Waals surface area contributed by atoms with E-state index in [4.69, 9.17) is 9.73 Å². The van der Waals surface area contributed by atoms with Crippen LogP contribution in [-0.4, -0.2) is 58.2 Å². The number of H-pyrrole nitrogens is 1. The highest BCUT2D eigenvalue weighted by Crippen LogP contribution is 2.38. The molecule has 1 saturated heterocycles. The maximum Gasteiger partial charge on any atom is 0.410 e. The topological polar surface area (TPSA) is 60.9 Å². The van der Waals surface area contributed by atoms with Gasteiger partial charge in [0.25, 0.3) is 0 Å². The van der Waals surface area contributed by atoms with Crippen LogP contribution in [0.3, 0.4) is 0 Å². The second kappa shape index (κ2) is 7.22. The number of fused-ring (bicyclic) bond motifs is 1. The van der Waals surface area contributed by atoms with Gasteiger partial charge in [-0.15, -0.1) is 0 Å². The van der Waals surface area contributed by atoms with Crippen LogP contribution in [0.1, 0.15) is 65.9 Å². The standard InChI is InChI=1S/C23H34N4O2/c1-14-9-10-24-21-19(18(11-25-21)17-7-8-17)20(14)26-12-16(3)27(13-15(26)2)22(28)29-23(4,5)6/h9,11,15-17H,7-8,10,12-13H2,1-6H3,(H,24,25)/t15-,16+/m0/s1. The van der Waals surface area contributed by atoms with E-state index < -0.39 is 5.60 Å². The second-order valence-corrected chi connectivity index (χ2v) is 9.80. The van der Waals surface area contributed by atoms with Crippen LogP contribution in [0.4, 0.5) is 4.79 Å². The molecule has 4 rings (SSSR count). The Hall–Kier alpha value is -2.24. The Labute approximate surface area is 173 Å². The van der Waals surface area contributed by atoms with Gasteiger partial charge in [-0.2, -0.15) is 0 Å². The third kappa shape index (κ3) is 3.94. The molecule has 1 saturated carbocycles. The number of ether oxygens (including phenoxy) is 1. The Kier molecular flexibility index (Phi) is 4.99. The van der Waals surface area contributed by atoms with E-state index in [1.54, 1.807) is 0 Å². The largest absolute Gasteiger partial charge is 0.444 e. The van der Waals surface area contributed by atoms with Crippen LogP contribution in [-0.2, 0) is 4.74 Å². The summed E-state index contributed by atoms with van der Waals surface area (Å²) in [6, 6.07) is 0.276. The van der Waals surface area contributed by atoms with Gasteiger partial charge < -0.3 is 19.5 Å². The lowest BCUT2D eigenvalue weighted by Crippen LogP contribution is -2.59. The number of amides is 1. The van der Waals surface area contributed by atoms with Crippen molar-refractivity contribution in [2.24, 2.45) is 4.99 Å². The highest BCUT2D eigenvalue weighted by atomic mass is 16.6. The van der Waals surface area contributed by atoms with Crippen molar-refractivity contribution in [3.8, 4) is 0 Å². The molecule has 3 heterocycles. The Balaban J connectivity index is 1.70. The fourth-order valence-electron chi connectivity index (χ4n) is 4.47. The molecule has 0 unspecified atom stereocenters. The van der Waals surface area contributed by atoms with Gasteiger partial charge in [-0.1, -0.05) is 6.08 Å². The summed E-state index contributed by atoms with van der Waals surface area (Å²) in [4.78, 5) is 25.3.